The van der Waals surface area contributed by atoms with Gasteiger partial charge in [-0.1, -0.05) is 6.07 Å². The first-order chi connectivity index (χ1) is 9.99. The van der Waals surface area contributed by atoms with Crippen LogP contribution in [0.5, 0.6) is 0 Å². The molecule has 0 aliphatic rings. The van der Waals surface area contributed by atoms with Crippen molar-refractivity contribution >= 4 is 23.1 Å². The minimum Gasteiger partial charge on any atom is -0.336 e. The van der Waals surface area contributed by atoms with E-state index in [9.17, 15) is 4.79 Å². The number of nitrogens with zero attached hydrogens (tertiary/aromatic N) is 2. The van der Waals surface area contributed by atoms with Gasteiger partial charge < -0.3 is 15.5 Å². The van der Waals surface area contributed by atoms with Crippen molar-refractivity contribution < 1.29 is 4.79 Å². The summed E-state index contributed by atoms with van der Waals surface area (Å²) in [5, 5.41) is 14.7. The van der Waals surface area contributed by atoms with Gasteiger partial charge in [0.1, 0.15) is 0 Å². The summed E-state index contributed by atoms with van der Waals surface area (Å²) < 4.78 is 0. The minimum absolute atomic E-state index is 0.169. The van der Waals surface area contributed by atoms with Crippen molar-refractivity contribution in [1.82, 2.24) is 20.4 Å². The molecule has 0 aliphatic carbocycles. The van der Waals surface area contributed by atoms with Crippen molar-refractivity contribution in [2.75, 3.05) is 26.0 Å². The first-order valence-corrected chi connectivity index (χ1v) is 7.63. The van der Waals surface area contributed by atoms with Crippen molar-refractivity contribution in [3.63, 3.8) is 0 Å². The average Bonchev–Trinajstić information content (AvgIpc) is 3.04. The molecule has 114 valence electrons. The highest BCUT2D eigenvalue weighted by atomic mass is 32.1. The number of anilines is 1. The Labute approximate surface area is 128 Å². The van der Waals surface area contributed by atoms with E-state index < -0.39 is 0 Å². The Morgan fingerprint density at radius 2 is 2.24 bits per heavy atom. The number of amides is 2. The predicted octanol–water partition coefficient (Wildman–Crippen LogP) is 2.51. The predicted molar refractivity (Wildman–Crippen MR) is 85.8 cm³/mol. The van der Waals surface area contributed by atoms with Crippen LogP contribution >= 0.6 is 11.3 Å². The van der Waals surface area contributed by atoms with Crippen LogP contribution in [-0.2, 0) is 0 Å². The largest absolute Gasteiger partial charge is 0.336 e. The maximum Gasteiger partial charge on any atom is 0.319 e. The molecule has 0 aromatic carbocycles. The fraction of sp³-hybridized carbons (Fsp3) is 0.429. The number of carbonyl (C=O) groups is 1. The Hall–Kier alpha value is -1.86. The van der Waals surface area contributed by atoms with E-state index in [1.165, 1.54) is 4.88 Å². The van der Waals surface area contributed by atoms with Crippen LogP contribution in [-0.4, -0.2) is 41.8 Å². The van der Waals surface area contributed by atoms with E-state index in [1.54, 1.807) is 11.3 Å². The van der Waals surface area contributed by atoms with Crippen molar-refractivity contribution in [2.24, 2.45) is 0 Å². The van der Waals surface area contributed by atoms with Crippen molar-refractivity contribution in [3.8, 4) is 0 Å². The molecule has 0 bridgehead atoms. The third kappa shape index (κ3) is 3.83. The number of urea groups is 1. The van der Waals surface area contributed by atoms with Crippen molar-refractivity contribution in [1.29, 1.82) is 0 Å². The monoisotopic (exact) mass is 307 g/mol. The Morgan fingerprint density at radius 1 is 1.48 bits per heavy atom. The third-order valence-corrected chi connectivity index (χ3v) is 4.29. The zero-order chi connectivity index (χ0) is 15.4. The molecule has 0 fully saturated rings. The number of aromatic nitrogens is 2. The van der Waals surface area contributed by atoms with Crippen LogP contribution in [0.3, 0.4) is 0 Å². The van der Waals surface area contributed by atoms with Crippen LogP contribution in [0.4, 0.5) is 10.5 Å². The van der Waals surface area contributed by atoms with E-state index in [-0.39, 0.29) is 12.1 Å². The van der Waals surface area contributed by atoms with E-state index in [1.807, 2.05) is 39.4 Å². The number of nitrogens with one attached hydrogen (secondary N) is 3. The molecule has 2 aromatic rings. The molecule has 3 N–H and O–H groups in total. The molecule has 7 heteroatoms. The number of H-pyrrole nitrogens is 1. The molecular formula is C14H21N5OS. The van der Waals surface area contributed by atoms with Gasteiger partial charge in [0, 0.05) is 11.4 Å². The minimum atomic E-state index is -0.217. The van der Waals surface area contributed by atoms with Crippen LogP contribution in [0.15, 0.2) is 17.5 Å². The van der Waals surface area contributed by atoms with Gasteiger partial charge in [0.15, 0.2) is 0 Å². The zero-order valence-electron chi connectivity index (χ0n) is 12.7. The van der Waals surface area contributed by atoms with Crippen molar-refractivity contribution in [3.05, 3.63) is 33.8 Å². The SMILES string of the molecule is Cc1n[nH]c(C)c1NC(=O)NC[C@H](c1cccs1)N(C)C. The average molecular weight is 307 g/mol. The number of likely N-dealkylation sites (N-methyl/N-ethyl adjacent to an activating group) is 1. The van der Waals surface area contributed by atoms with Gasteiger partial charge in [-0.3, -0.25) is 5.10 Å². The van der Waals surface area contributed by atoms with Crippen LogP contribution in [0, 0.1) is 13.8 Å². The molecule has 0 aliphatic heterocycles. The lowest BCUT2D eigenvalue weighted by Gasteiger charge is -2.23. The molecule has 1 atom stereocenters. The maximum atomic E-state index is 12.0. The Balaban J connectivity index is 1.94. The topological polar surface area (TPSA) is 73.0 Å². The summed E-state index contributed by atoms with van der Waals surface area (Å²) in [4.78, 5) is 15.4. The number of hydrogen-bond donors (Lipinski definition) is 3. The molecular weight excluding hydrogens is 286 g/mol. The van der Waals surface area contributed by atoms with Gasteiger partial charge in [-0.05, 0) is 39.4 Å². The molecule has 2 aromatic heterocycles. The van der Waals surface area contributed by atoms with Crippen LogP contribution in [0.1, 0.15) is 22.3 Å². The fourth-order valence-corrected chi connectivity index (χ4v) is 3.02. The number of hydrogen-bond acceptors (Lipinski definition) is 4. The van der Waals surface area contributed by atoms with E-state index in [4.69, 9.17) is 0 Å². The quantitative estimate of drug-likeness (QED) is 0.794. The standard InChI is InChI=1S/C14H21N5OS/c1-9-13(10(2)18-17-9)16-14(20)15-8-11(19(3)4)12-6-5-7-21-12/h5-7,11H,8H2,1-4H3,(H,17,18)(H2,15,16,20)/t11-/m1/s1. The second-order valence-electron chi connectivity index (χ2n) is 5.14. The Morgan fingerprint density at radius 3 is 2.76 bits per heavy atom. The number of thiophene rings is 1. The summed E-state index contributed by atoms with van der Waals surface area (Å²) in [7, 11) is 4.02. The highest BCUT2D eigenvalue weighted by Gasteiger charge is 2.17. The normalized spacial score (nSPS) is 12.4. The Kier molecular flexibility index (Phi) is 4.98. The Bertz CT molecular complexity index is 571. The van der Waals surface area contributed by atoms with Gasteiger partial charge in [0.05, 0.1) is 23.1 Å². The molecule has 2 amide bonds. The van der Waals surface area contributed by atoms with Gasteiger partial charge in [0.25, 0.3) is 0 Å². The molecule has 2 heterocycles. The summed E-state index contributed by atoms with van der Waals surface area (Å²) in [6.45, 7) is 4.28. The number of aryl methyl sites for hydroxylation is 2. The van der Waals surface area contributed by atoms with E-state index in [2.05, 4.69) is 31.8 Å². The second kappa shape index (κ2) is 6.73. The summed E-state index contributed by atoms with van der Waals surface area (Å²) in [5.41, 5.74) is 2.38. The molecule has 0 radical (unpaired) electrons. The van der Waals surface area contributed by atoms with Crippen LogP contribution in [0.25, 0.3) is 0 Å². The highest BCUT2D eigenvalue weighted by molar-refractivity contribution is 7.10. The molecule has 6 nitrogen and oxygen atoms in total. The van der Waals surface area contributed by atoms with Gasteiger partial charge in [-0.25, -0.2) is 4.79 Å². The van der Waals surface area contributed by atoms with Gasteiger partial charge >= 0.3 is 6.03 Å². The number of aromatic amines is 1. The summed E-state index contributed by atoms with van der Waals surface area (Å²) in [6.07, 6.45) is 0. The summed E-state index contributed by atoms with van der Waals surface area (Å²) >= 11 is 1.69. The molecule has 0 saturated carbocycles. The van der Waals surface area contributed by atoms with Crippen LogP contribution in [0.2, 0.25) is 0 Å². The lowest BCUT2D eigenvalue weighted by molar-refractivity contribution is 0.244. The van der Waals surface area contributed by atoms with E-state index in [0.717, 1.165) is 17.1 Å². The number of carbonyl (C=O) groups excluding carboxylic acids is 1. The van der Waals surface area contributed by atoms with E-state index in [0.29, 0.717) is 6.54 Å². The molecule has 0 spiro atoms. The zero-order valence-corrected chi connectivity index (χ0v) is 13.5. The van der Waals surface area contributed by atoms with Gasteiger partial charge in [-0.2, -0.15) is 5.10 Å². The highest BCUT2D eigenvalue weighted by Crippen LogP contribution is 2.22. The van der Waals surface area contributed by atoms with E-state index >= 15 is 0 Å². The lowest BCUT2D eigenvalue weighted by Crippen LogP contribution is -2.36. The lowest BCUT2D eigenvalue weighted by atomic mass is 10.2. The smallest absolute Gasteiger partial charge is 0.319 e. The maximum absolute atomic E-state index is 12.0. The second-order valence-corrected chi connectivity index (χ2v) is 6.12. The third-order valence-electron chi connectivity index (χ3n) is 3.32. The molecule has 2 rings (SSSR count). The summed E-state index contributed by atoms with van der Waals surface area (Å²) in [5.74, 6) is 0. The molecule has 0 unspecified atom stereocenters. The molecule has 21 heavy (non-hydrogen) atoms. The first-order valence-electron chi connectivity index (χ1n) is 6.75. The number of rotatable bonds is 5. The van der Waals surface area contributed by atoms with Gasteiger partial charge in [0.2, 0.25) is 0 Å². The first kappa shape index (κ1) is 15.5. The van der Waals surface area contributed by atoms with Crippen LogP contribution < -0.4 is 10.6 Å². The van der Waals surface area contributed by atoms with Crippen molar-refractivity contribution in [2.45, 2.75) is 19.9 Å². The van der Waals surface area contributed by atoms with Gasteiger partial charge in [-0.15, -0.1) is 11.3 Å². The molecule has 0 saturated heterocycles. The summed E-state index contributed by atoms with van der Waals surface area (Å²) in [6, 6.07) is 4.06. The fourth-order valence-electron chi connectivity index (χ4n) is 2.10.